The molecular weight excluding hydrogens is 544 g/mol. The summed E-state index contributed by atoms with van der Waals surface area (Å²) < 4.78 is 7.66. The van der Waals surface area contributed by atoms with Gasteiger partial charge in [0.25, 0.3) is 0 Å². The van der Waals surface area contributed by atoms with Crippen LogP contribution in [0.4, 0.5) is 15.4 Å². The van der Waals surface area contributed by atoms with Gasteiger partial charge >= 0.3 is 17.8 Å². The van der Waals surface area contributed by atoms with Crippen molar-refractivity contribution in [2.75, 3.05) is 38.1 Å². The van der Waals surface area contributed by atoms with Gasteiger partial charge in [-0.2, -0.15) is 4.98 Å². The topological polar surface area (TPSA) is 146 Å². The van der Waals surface area contributed by atoms with Gasteiger partial charge in [0.2, 0.25) is 5.91 Å². The van der Waals surface area contributed by atoms with Gasteiger partial charge in [0.1, 0.15) is 11.4 Å². The molecule has 0 unspecified atom stereocenters. The van der Waals surface area contributed by atoms with Gasteiger partial charge in [-0.15, -0.1) is 0 Å². The molecule has 2 heterocycles. The van der Waals surface area contributed by atoms with Crippen molar-refractivity contribution in [3.8, 4) is 5.69 Å². The van der Waals surface area contributed by atoms with E-state index in [1.165, 1.54) is 28.2 Å². The molecule has 0 atom stereocenters. The summed E-state index contributed by atoms with van der Waals surface area (Å²) in [5.74, 6) is 0.373. The van der Waals surface area contributed by atoms with Crippen LogP contribution >= 0.6 is 0 Å². The molecule has 2 aromatic rings. The Morgan fingerprint density at radius 1 is 1.10 bits per heavy atom. The van der Waals surface area contributed by atoms with Crippen LogP contribution in [0.25, 0.3) is 5.69 Å². The Morgan fingerprint density at radius 2 is 1.76 bits per heavy atom. The predicted molar refractivity (Wildman–Crippen MR) is 159 cm³/mol. The third-order valence-corrected chi connectivity index (χ3v) is 9.60. The molecule has 224 valence electrons. The third-order valence-electron chi connectivity index (χ3n) is 6.82. The monoisotopic (exact) mass is 586 g/mol. The first-order valence-electron chi connectivity index (χ1n) is 13.9. The minimum atomic E-state index is -1.70. The zero-order chi connectivity index (χ0) is 30.4. The highest BCUT2D eigenvalue weighted by molar-refractivity contribution is 6.71. The van der Waals surface area contributed by atoms with Gasteiger partial charge in [-0.25, -0.2) is 14.4 Å². The van der Waals surface area contributed by atoms with E-state index in [0.717, 1.165) is 18.0 Å². The first-order chi connectivity index (χ1) is 19.2. The zero-order valence-corrected chi connectivity index (χ0v) is 25.8. The number of urea groups is 1. The van der Waals surface area contributed by atoms with Crippen molar-refractivity contribution in [1.82, 2.24) is 24.7 Å². The zero-order valence-electron chi connectivity index (χ0n) is 24.8. The minimum absolute atomic E-state index is 0.128. The van der Waals surface area contributed by atoms with E-state index in [0.29, 0.717) is 18.2 Å². The highest BCUT2D eigenvalue weighted by atomic mass is 28.4. The van der Waals surface area contributed by atoms with Crippen molar-refractivity contribution in [3.63, 3.8) is 0 Å². The van der Waals surface area contributed by atoms with E-state index in [-0.39, 0.29) is 37.9 Å². The number of rotatable bonds is 10. The van der Waals surface area contributed by atoms with Crippen molar-refractivity contribution < 1.29 is 23.9 Å². The molecule has 1 fully saturated rings. The van der Waals surface area contributed by atoms with Gasteiger partial charge in [0, 0.05) is 39.0 Å². The molecule has 3 rings (SSSR count). The second kappa shape index (κ2) is 13.3. The molecule has 13 heteroatoms. The maximum absolute atomic E-state index is 12.8. The molecule has 1 aliphatic heterocycles. The van der Waals surface area contributed by atoms with Gasteiger partial charge < -0.3 is 24.6 Å². The van der Waals surface area contributed by atoms with E-state index in [1.54, 1.807) is 12.3 Å². The highest BCUT2D eigenvalue weighted by Gasteiger charge is 2.35. The Labute approximate surface area is 241 Å². The summed E-state index contributed by atoms with van der Waals surface area (Å²) >= 11 is 0. The lowest BCUT2D eigenvalue weighted by Crippen LogP contribution is -2.60. The van der Waals surface area contributed by atoms with Crippen LogP contribution in [-0.2, 0) is 15.6 Å². The number of hydrogen-bond donors (Lipinski definition) is 3. The summed E-state index contributed by atoms with van der Waals surface area (Å²) in [6.07, 6.45) is 1.04. The van der Waals surface area contributed by atoms with Crippen molar-refractivity contribution in [2.24, 2.45) is 5.92 Å². The summed E-state index contributed by atoms with van der Waals surface area (Å²) in [5, 5.41) is 13.8. The molecule has 3 N–H and O–H groups in total. The number of benzene rings is 1. The molecule has 0 bridgehead atoms. The second-order valence-corrected chi connectivity index (χ2v) is 16.1. The van der Waals surface area contributed by atoms with Crippen molar-refractivity contribution in [2.45, 2.75) is 58.8 Å². The molecular formula is C28H42N6O6Si. The number of piperazine rings is 1. The van der Waals surface area contributed by atoms with Crippen molar-refractivity contribution in [1.29, 1.82) is 0 Å². The Bertz CT molecular complexity index is 1300. The lowest BCUT2D eigenvalue weighted by Gasteiger charge is -2.38. The van der Waals surface area contributed by atoms with Crippen molar-refractivity contribution >= 4 is 32.2 Å². The minimum Gasteiger partial charge on any atom is -0.465 e. The summed E-state index contributed by atoms with van der Waals surface area (Å²) in [4.78, 5) is 56.4. The predicted octanol–water partition coefficient (Wildman–Crippen LogP) is 3.38. The van der Waals surface area contributed by atoms with Crippen LogP contribution in [0.15, 0.2) is 41.3 Å². The molecule has 0 aliphatic carbocycles. The first-order valence-corrected chi connectivity index (χ1v) is 17.0. The Morgan fingerprint density at radius 3 is 2.37 bits per heavy atom. The molecule has 4 amide bonds. The van der Waals surface area contributed by atoms with Gasteiger partial charge in [-0.1, -0.05) is 26.0 Å². The van der Waals surface area contributed by atoms with E-state index in [4.69, 9.17) is 9.53 Å². The van der Waals surface area contributed by atoms with Gasteiger partial charge in [0.15, 0.2) is 8.32 Å². The van der Waals surface area contributed by atoms with E-state index in [9.17, 15) is 19.2 Å². The average Bonchev–Trinajstić information content (AvgIpc) is 2.87. The Balaban J connectivity index is 1.56. The van der Waals surface area contributed by atoms with Gasteiger partial charge in [-0.05, 0) is 69.1 Å². The van der Waals surface area contributed by atoms with E-state index >= 15 is 0 Å². The maximum Gasteiger partial charge on any atom is 0.405 e. The molecule has 0 saturated carbocycles. The number of anilines is 1. The standard InChI is InChI=1S/C28H42N6O6Si/c1-20(2)19-41(5,6)40-17-11-21-8-7-9-22(18-21)34-12-10-23(30-26(34)37)29-25(36)33-15-13-32(14-16-33)24(35)28(3,4)31-27(38)39/h7-10,12,18,20,31H,11,13-17,19H2,1-6H3,(H,38,39)(H,29,30,36,37). The van der Waals surface area contributed by atoms with Crippen LogP contribution in [-0.4, -0.2) is 89.1 Å². The fraction of sp³-hybridized carbons (Fsp3) is 0.536. The van der Waals surface area contributed by atoms with E-state index in [1.807, 2.05) is 24.3 Å². The first kappa shape index (κ1) is 31.8. The van der Waals surface area contributed by atoms with Gasteiger partial charge in [0.05, 0.1) is 5.69 Å². The van der Waals surface area contributed by atoms with Crippen LogP contribution in [0.2, 0.25) is 19.1 Å². The van der Waals surface area contributed by atoms with E-state index in [2.05, 4.69) is 42.6 Å². The fourth-order valence-corrected chi connectivity index (χ4v) is 7.77. The SMILES string of the molecule is CC(C)C[Si](C)(C)OCCc1cccc(-n2ccc(NC(=O)N3CCN(C(=O)C(C)(C)NC(=O)O)CC3)nc2=O)c1. The molecule has 1 aromatic carbocycles. The number of amides is 4. The maximum atomic E-state index is 12.8. The Hall–Kier alpha value is -3.71. The number of nitrogens with zero attached hydrogens (tertiary/aromatic N) is 4. The summed E-state index contributed by atoms with van der Waals surface area (Å²) in [6, 6.07) is 9.91. The van der Waals surface area contributed by atoms with Crippen LogP contribution in [0.5, 0.6) is 0 Å². The van der Waals surface area contributed by atoms with Gasteiger partial charge in [-0.3, -0.25) is 14.7 Å². The smallest absolute Gasteiger partial charge is 0.405 e. The number of carboxylic acid groups (broad SMARTS) is 1. The second-order valence-electron chi connectivity index (χ2n) is 11.9. The summed E-state index contributed by atoms with van der Waals surface area (Å²) in [7, 11) is -1.70. The van der Waals surface area contributed by atoms with Crippen molar-refractivity contribution in [3.05, 3.63) is 52.6 Å². The molecule has 0 radical (unpaired) electrons. The summed E-state index contributed by atoms with van der Waals surface area (Å²) in [6.45, 7) is 13.5. The average molecular weight is 587 g/mol. The van der Waals surface area contributed by atoms with Crippen LogP contribution in [0.3, 0.4) is 0 Å². The molecule has 12 nitrogen and oxygen atoms in total. The van der Waals surface area contributed by atoms with Crippen LogP contribution in [0.1, 0.15) is 33.3 Å². The lowest BCUT2D eigenvalue weighted by molar-refractivity contribution is -0.138. The Kier molecular flexibility index (Phi) is 10.3. The molecule has 1 aliphatic rings. The molecule has 1 aromatic heterocycles. The largest absolute Gasteiger partial charge is 0.465 e. The lowest BCUT2D eigenvalue weighted by atomic mass is 10.0. The molecule has 1 saturated heterocycles. The van der Waals surface area contributed by atoms with E-state index < -0.39 is 31.7 Å². The quantitative estimate of drug-likeness (QED) is 0.362. The third kappa shape index (κ3) is 9.15. The van der Waals surface area contributed by atoms with Crippen LogP contribution < -0.4 is 16.3 Å². The van der Waals surface area contributed by atoms with Crippen LogP contribution in [0, 0.1) is 5.92 Å². The number of carbonyl (C=O) groups excluding carboxylic acids is 2. The number of carbonyl (C=O) groups is 3. The highest BCUT2D eigenvalue weighted by Crippen LogP contribution is 2.19. The number of hydrogen-bond acceptors (Lipinski definition) is 6. The number of aromatic nitrogens is 2. The summed E-state index contributed by atoms with van der Waals surface area (Å²) in [5.41, 5.74) is -0.0626. The molecule has 0 spiro atoms. The normalized spacial score (nSPS) is 14.2. The molecule has 41 heavy (non-hydrogen) atoms. The number of nitrogens with one attached hydrogen (secondary N) is 2. The fourth-order valence-electron chi connectivity index (χ4n) is 5.04.